The van der Waals surface area contributed by atoms with Crippen molar-refractivity contribution in [2.24, 2.45) is 0 Å². The van der Waals surface area contributed by atoms with Crippen LogP contribution in [0.4, 0.5) is 5.13 Å². The molecule has 1 unspecified atom stereocenters. The fourth-order valence-electron chi connectivity index (χ4n) is 3.31. The zero-order valence-electron chi connectivity index (χ0n) is 15.7. The highest BCUT2D eigenvalue weighted by molar-refractivity contribution is 7.22. The lowest BCUT2D eigenvalue weighted by molar-refractivity contribution is -0.139. The van der Waals surface area contributed by atoms with Crippen molar-refractivity contribution < 1.29 is 24.5 Å². The lowest BCUT2D eigenvalue weighted by Crippen LogP contribution is -2.31. The number of aromatic nitrogens is 1. The van der Waals surface area contributed by atoms with E-state index in [0.717, 1.165) is 15.8 Å². The second-order valence-electron chi connectivity index (χ2n) is 6.62. The molecular formula is C21H18N2O5S. The van der Waals surface area contributed by atoms with Crippen molar-refractivity contribution in [3.8, 4) is 5.75 Å². The third-order valence-corrected chi connectivity index (χ3v) is 5.67. The fraction of sp³-hybridized carbons (Fsp3) is 0.190. The number of carbonyl (C=O) groups is 2. The van der Waals surface area contributed by atoms with Crippen LogP contribution in [0.25, 0.3) is 10.2 Å². The molecular weight excluding hydrogens is 392 g/mol. The molecule has 7 nitrogen and oxygen atoms in total. The molecule has 2 N–H and O–H groups in total. The second-order valence-corrected chi connectivity index (χ2v) is 7.63. The smallest absolute Gasteiger partial charge is 0.340 e. The minimum absolute atomic E-state index is 0.0472. The molecule has 0 radical (unpaired) electrons. The van der Waals surface area contributed by atoms with E-state index in [1.807, 2.05) is 25.1 Å². The van der Waals surface area contributed by atoms with Gasteiger partial charge in [0.2, 0.25) is 0 Å². The van der Waals surface area contributed by atoms with Gasteiger partial charge in [0, 0.05) is 0 Å². The minimum atomic E-state index is -0.913. The summed E-state index contributed by atoms with van der Waals surface area (Å²) in [6.45, 7) is 3.72. The Balaban J connectivity index is 1.87. The molecule has 3 aromatic rings. The van der Waals surface area contributed by atoms with E-state index in [-0.39, 0.29) is 17.9 Å². The highest BCUT2D eigenvalue weighted by Gasteiger charge is 2.46. The first kappa shape index (κ1) is 18.9. The van der Waals surface area contributed by atoms with Crippen molar-refractivity contribution in [1.29, 1.82) is 0 Å². The molecule has 0 saturated carbocycles. The predicted octanol–water partition coefficient (Wildman–Crippen LogP) is 3.77. The summed E-state index contributed by atoms with van der Waals surface area (Å²) < 4.78 is 5.97. The molecule has 1 aliphatic heterocycles. The minimum Gasteiger partial charge on any atom is -0.508 e. The monoisotopic (exact) mass is 410 g/mol. The number of thiazole rings is 1. The molecule has 1 atom stereocenters. The van der Waals surface area contributed by atoms with Crippen LogP contribution >= 0.6 is 11.3 Å². The Morgan fingerprint density at radius 1 is 1.21 bits per heavy atom. The number of benzene rings is 2. The van der Waals surface area contributed by atoms with Gasteiger partial charge >= 0.3 is 5.97 Å². The number of rotatable bonds is 4. The number of hydrogen-bond acceptors (Lipinski definition) is 7. The topological polar surface area (TPSA) is 100.0 Å². The normalized spacial score (nSPS) is 16.7. The van der Waals surface area contributed by atoms with E-state index in [0.29, 0.717) is 10.7 Å². The number of fused-ring (bicyclic) bond motifs is 1. The van der Waals surface area contributed by atoms with Gasteiger partial charge in [-0.1, -0.05) is 29.5 Å². The highest BCUT2D eigenvalue weighted by Crippen LogP contribution is 2.43. The number of phenols is 1. The van der Waals surface area contributed by atoms with E-state index in [4.69, 9.17) is 4.74 Å². The van der Waals surface area contributed by atoms with Crippen LogP contribution in [0.2, 0.25) is 0 Å². The van der Waals surface area contributed by atoms with Gasteiger partial charge in [0.25, 0.3) is 5.91 Å². The molecule has 148 valence electrons. The molecule has 0 saturated heterocycles. The van der Waals surface area contributed by atoms with Crippen molar-refractivity contribution in [1.82, 2.24) is 4.98 Å². The molecule has 8 heteroatoms. The fourth-order valence-corrected chi connectivity index (χ4v) is 4.41. The Hall–Kier alpha value is -3.39. The first-order chi connectivity index (χ1) is 13.9. The van der Waals surface area contributed by atoms with Gasteiger partial charge in [0.15, 0.2) is 10.9 Å². The van der Waals surface area contributed by atoms with Gasteiger partial charge in [-0.2, -0.15) is 0 Å². The van der Waals surface area contributed by atoms with Crippen molar-refractivity contribution in [3.63, 3.8) is 0 Å². The number of esters is 1. The zero-order chi connectivity index (χ0) is 20.7. The van der Waals surface area contributed by atoms with Crippen LogP contribution in [0.15, 0.2) is 53.8 Å². The zero-order valence-corrected chi connectivity index (χ0v) is 16.6. The Bertz CT molecular complexity index is 1150. The quantitative estimate of drug-likeness (QED) is 0.635. The van der Waals surface area contributed by atoms with Crippen molar-refractivity contribution in [3.05, 3.63) is 64.9 Å². The summed E-state index contributed by atoms with van der Waals surface area (Å²) in [5, 5.41) is 20.5. The molecule has 1 amide bonds. The lowest BCUT2D eigenvalue weighted by Gasteiger charge is -2.24. The molecule has 0 aliphatic carbocycles. The Morgan fingerprint density at radius 2 is 1.93 bits per heavy atom. The summed E-state index contributed by atoms with van der Waals surface area (Å²) in [5.41, 5.74) is 2.18. The van der Waals surface area contributed by atoms with Crippen LogP contribution < -0.4 is 4.90 Å². The van der Waals surface area contributed by atoms with Crippen molar-refractivity contribution in [2.75, 3.05) is 11.5 Å². The Kier molecular flexibility index (Phi) is 4.71. The van der Waals surface area contributed by atoms with Crippen LogP contribution in [0, 0.1) is 6.92 Å². The van der Waals surface area contributed by atoms with E-state index in [9.17, 15) is 19.8 Å². The predicted molar refractivity (Wildman–Crippen MR) is 109 cm³/mol. The summed E-state index contributed by atoms with van der Waals surface area (Å²) in [6, 6.07) is 10.9. The van der Waals surface area contributed by atoms with Crippen LogP contribution in [-0.4, -0.2) is 33.7 Å². The molecule has 0 fully saturated rings. The second kappa shape index (κ2) is 7.21. The third-order valence-electron chi connectivity index (χ3n) is 4.65. The number of hydrogen-bond donors (Lipinski definition) is 2. The molecule has 2 aromatic carbocycles. The van der Waals surface area contributed by atoms with E-state index in [1.54, 1.807) is 19.1 Å². The maximum atomic E-state index is 12.9. The van der Waals surface area contributed by atoms with Gasteiger partial charge in [-0.05, 0) is 49.2 Å². The van der Waals surface area contributed by atoms with E-state index in [2.05, 4.69) is 4.98 Å². The number of nitrogens with zero attached hydrogens (tertiary/aromatic N) is 2. The van der Waals surface area contributed by atoms with E-state index in [1.165, 1.54) is 28.4 Å². The van der Waals surface area contributed by atoms with Crippen molar-refractivity contribution >= 4 is 38.6 Å². The molecule has 1 aromatic heterocycles. The van der Waals surface area contributed by atoms with Crippen LogP contribution in [0.1, 0.15) is 24.1 Å². The van der Waals surface area contributed by atoms with E-state index >= 15 is 0 Å². The summed E-state index contributed by atoms with van der Waals surface area (Å²) >= 11 is 1.30. The number of anilines is 1. The number of aliphatic hydroxyl groups excluding tert-OH is 1. The van der Waals surface area contributed by atoms with Gasteiger partial charge < -0.3 is 14.9 Å². The van der Waals surface area contributed by atoms with Gasteiger partial charge in [-0.15, -0.1) is 0 Å². The molecule has 29 heavy (non-hydrogen) atoms. The standard InChI is InChI=1S/C21H18N2O5S/c1-3-28-20(27)16-17(12-5-7-13(24)8-6-12)23(19(26)18(16)25)21-22-14-9-4-11(2)10-15(14)29-21/h4-10,17,24-25H,3H2,1-2H3. The highest BCUT2D eigenvalue weighted by atomic mass is 32.1. The number of aliphatic hydroxyl groups is 1. The Morgan fingerprint density at radius 3 is 2.62 bits per heavy atom. The van der Waals surface area contributed by atoms with Crippen LogP contribution in [0.5, 0.6) is 5.75 Å². The van der Waals surface area contributed by atoms with Crippen LogP contribution in [0.3, 0.4) is 0 Å². The number of ether oxygens (including phenoxy) is 1. The number of carbonyl (C=O) groups excluding carboxylic acids is 2. The number of aryl methyl sites for hydroxylation is 1. The number of aromatic hydroxyl groups is 1. The summed E-state index contributed by atoms with van der Waals surface area (Å²) in [7, 11) is 0. The van der Waals surface area contributed by atoms with Gasteiger partial charge in [-0.25, -0.2) is 9.78 Å². The largest absolute Gasteiger partial charge is 0.508 e. The molecule has 0 bridgehead atoms. The summed E-state index contributed by atoms with van der Waals surface area (Å²) in [4.78, 5) is 31.3. The van der Waals surface area contributed by atoms with E-state index < -0.39 is 23.7 Å². The first-order valence-corrected chi connectivity index (χ1v) is 9.82. The third kappa shape index (κ3) is 3.21. The average Bonchev–Trinajstić information content (AvgIpc) is 3.21. The first-order valence-electron chi connectivity index (χ1n) is 9.00. The maximum absolute atomic E-state index is 12.9. The van der Waals surface area contributed by atoms with Gasteiger partial charge in [0.05, 0.1) is 16.8 Å². The lowest BCUT2D eigenvalue weighted by atomic mass is 9.99. The number of phenolic OH excluding ortho intramolecular Hbond substituents is 1. The Labute approximate surface area is 170 Å². The van der Waals surface area contributed by atoms with Gasteiger partial charge in [-0.3, -0.25) is 9.69 Å². The van der Waals surface area contributed by atoms with Crippen LogP contribution in [-0.2, 0) is 14.3 Å². The number of amides is 1. The summed E-state index contributed by atoms with van der Waals surface area (Å²) in [5.74, 6) is -2.10. The molecule has 4 rings (SSSR count). The van der Waals surface area contributed by atoms with Crippen molar-refractivity contribution in [2.45, 2.75) is 19.9 Å². The molecule has 0 spiro atoms. The molecule has 1 aliphatic rings. The SMILES string of the molecule is CCOC(=O)C1=C(O)C(=O)N(c2nc3ccc(C)cc3s2)C1c1ccc(O)cc1. The molecule has 2 heterocycles. The van der Waals surface area contributed by atoms with Gasteiger partial charge in [0.1, 0.15) is 17.4 Å². The maximum Gasteiger partial charge on any atom is 0.340 e. The average molecular weight is 410 g/mol. The summed E-state index contributed by atoms with van der Waals surface area (Å²) in [6.07, 6.45) is 0.